The molecule has 0 spiro atoms. The van der Waals surface area contributed by atoms with Gasteiger partial charge in [-0.25, -0.2) is 0 Å². The van der Waals surface area contributed by atoms with Crippen molar-refractivity contribution in [1.29, 1.82) is 0 Å². The Balaban J connectivity index is 2.09. The van der Waals surface area contributed by atoms with Crippen LogP contribution in [-0.4, -0.2) is 37.0 Å². The van der Waals surface area contributed by atoms with Gasteiger partial charge in [0, 0.05) is 38.8 Å². The summed E-state index contributed by atoms with van der Waals surface area (Å²) in [6.45, 7) is 9.63. The van der Waals surface area contributed by atoms with Crippen LogP contribution in [-0.2, 0) is 17.6 Å². The Kier molecular flexibility index (Phi) is 4.46. The van der Waals surface area contributed by atoms with Crippen LogP contribution in [0.1, 0.15) is 31.9 Å². The maximum Gasteiger partial charge on any atom is 0.219 e. The van der Waals surface area contributed by atoms with E-state index in [9.17, 15) is 4.79 Å². The zero-order valence-corrected chi connectivity index (χ0v) is 12.3. The number of carbonyl (C=O) groups excluding carboxylic acids is 1. The van der Waals surface area contributed by atoms with E-state index in [1.54, 1.807) is 6.92 Å². The van der Waals surface area contributed by atoms with E-state index < -0.39 is 0 Å². The molecule has 104 valence electrons. The highest BCUT2D eigenvalue weighted by atomic mass is 16.2. The van der Waals surface area contributed by atoms with Crippen LogP contribution < -0.4 is 4.90 Å². The van der Waals surface area contributed by atoms with Crippen LogP contribution in [0.5, 0.6) is 0 Å². The van der Waals surface area contributed by atoms with E-state index in [2.05, 4.69) is 36.9 Å². The van der Waals surface area contributed by atoms with E-state index in [1.807, 2.05) is 4.90 Å². The minimum absolute atomic E-state index is 0.190. The van der Waals surface area contributed by atoms with Crippen molar-refractivity contribution in [3.05, 3.63) is 29.3 Å². The third-order valence-corrected chi connectivity index (χ3v) is 4.04. The number of nitrogens with zero attached hydrogens (tertiary/aromatic N) is 2. The van der Waals surface area contributed by atoms with Crippen molar-refractivity contribution in [2.45, 2.75) is 33.6 Å². The highest BCUT2D eigenvalue weighted by Gasteiger charge is 2.19. The molecule has 1 fully saturated rings. The molecule has 3 heteroatoms. The first-order valence-electron chi connectivity index (χ1n) is 7.28. The Bertz CT molecular complexity index is 448. The summed E-state index contributed by atoms with van der Waals surface area (Å²) in [5.74, 6) is 0.190. The fourth-order valence-corrected chi connectivity index (χ4v) is 2.76. The molecular weight excluding hydrogens is 236 g/mol. The van der Waals surface area contributed by atoms with Gasteiger partial charge >= 0.3 is 0 Å². The Morgan fingerprint density at radius 1 is 1.05 bits per heavy atom. The second-order valence-corrected chi connectivity index (χ2v) is 5.15. The first-order chi connectivity index (χ1) is 9.15. The summed E-state index contributed by atoms with van der Waals surface area (Å²) in [6.07, 6.45) is 2.19. The molecule has 1 aliphatic rings. The Labute approximate surface area is 116 Å². The van der Waals surface area contributed by atoms with Crippen LogP contribution in [0.2, 0.25) is 0 Å². The van der Waals surface area contributed by atoms with Gasteiger partial charge in [0.1, 0.15) is 0 Å². The molecule has 0 atom stereocenters. The second kappa shape index (κ2) is 6.09. The van der Waals surface area contributed by atoms with Gasteiger partial charge in [0.2, 0.25) is 5.91 Å². The second-order valence-electron chi connectivity index (χ2n) is 5.15. The molecular formula is C16H24N2O. The number of hydrogen-bond donors (Lipinski definition) is 0. The van der Waals surface area contributed by atoms with Crippen molar-refractivity contribution in [3.63, 3.8) is 0 Å². The molecule has 3 nitrogen and oxygen atoms in total. The molecule has 1 amide bonds. The normalized spacial score (nSPS) is 15.7. The first-order valence-corrected chi connectivity index (χ1v) is 7.28. The first kappa shape index (κ1) is 13.9. The molecule has 0 N–H and O–H groups in total. The van der Waals surface area contributed by atoms with E-state index in [1.165, 1.54) is 16.8 Å². The highest BCUT2D eigenvalue weighted by Crippen LogP contribution is 2.22. The van der Waals surface area contributed by atoms with Crippen LogP contribution in [0.4, 0.5) is 5.69 Å². The van der Waals surface area contributed by atoms with Crippen LogP contribution in [0, 0.1) is 0 Å². The molecule has 0 saturated carbocycles. The van der Waals surface area contributed by atoms with Gasteiger partial charge in [-0.1, -0.05) is 19.9 Å². The van der Waals surface area contributed by atoms with Gasteiger partial charge in [-0.05, 0) is 36.1 Å². The number of hydrogen-bond acceptors (Lipinski definition) is 2. The number of aryl methyl sites for hydroxylation is 2. The summed E-state index contributed by atoms with van der Waals surface area (Å²) in [5.41, 5.74) is 4.21. The fourth-order valence-electron chi connectivity index (χ4n) is 2.76. The van der Waals surface area contributed by atoms with Crippen molar-refractivity contribution in [2.24, 2.45) is 0 Å². The van der Waals surface area contributed by atoms with Gasteiger partial charge in [0.15, 0.2) is 0 Å². The molecule has 19 heavy (non-hydrogen) atoms. The molecule has 1 aliphatic heterocycles. The molecule has 1 heterocycles. The number of piperazine rings is 1. The summed E-state index contributed by atoms with van der Waals surface area (Å²) in [5, 5.41) is 0. The summed E-state index contributed by atoms with van der Waals surface area (Å²) in [4.78, 5) is 15.6. The molecule has 1 aromatic rings. The van der Waals surface area contributed by atoms with Gasteiger partial charge in [-0.2, -0.15) is 0 Å². The van der Waals surface area contributed by atoms with Crippen LogP contribution in [0.25, 0.3) is 0 Å². The van der Waals surface area contributed by atoms with Crippen molar-refractivity contribution >= 4 is 11.6 Å². The maximum atomic E-state index is 11.3. The Morgan fingerprint density at radius 3 is 2.21 bits per heavy atom. The average Bonchev–Trinajstić information content (AvgIpc) is 2.46. The third kappa shape index (κ3) is 3.09. The zero-order valence-electron chi connectivity index (χ0n) is 12.3. The van der Waals surface area contributed by atoms with E-state index in [0.29, 0.717) is 0 Å². The largest absolute Gasteiger partial charge is 0.368 e. The van der Waals surface area contributed by atoms with Gasteiger partial charge in [-0.15, -0.1) is 0 Å². The molecule has 0 bridgehead atoms. The lowest BCUT2D eigenvalue weighted by Crippen LogP contribution is -2.48. The zero-order chi connectivity index (χ0) is 13.8. The maximum absolute atomic E-state index is 11.3. The van der Waals surface area contributed by atoms with Gasteiger partial charge in [-0.3, -0.25) is 4.79 Å². The summed E-state index contributed by atoms with van der Waals surface area (Å²) >= 11 is 0. The molecule has 2 rings (SSSR count). The summed E-state index contributed by atoms with van der Waals surface area (Å²) < 4.78 is 0. The Hall–Kier alpha value is -1.51. The topological polar surface area (TPSA) is 23.6 Å². The molecule has 1 saturated heterocycles. The molecule has 0 aromatic heterocycles. The fraction of sp³-hybridized carbons (Fsp3) is 0.562. The van der Waals surface area contributed by atoms with Crippen LogP contribution in [0.3, 0.4) is 0 Å². The van der Waals surface area contributed by atoms with E-state index in [4.69, 9.17) is 0 Å². The lowest BCUT2D eigenvalue weighted by molar-refractivity contribution is -0.129. The highest BCUT2D eigenvalue weighted by molar-refractivity contribution is 5.73. The standard InChI is InChI=1S/C16H24N2O/c1-4-14-6-7-16(12-15(14)5-2)18-10-8-17(9-11-18)13(3)19/h6-7,12H,4-5,8-11H2,1-3H3. The third-order valence-electron chi connectivity index (χ3n) is 4.04. The molecule has 1 aromatic carbocycles. The van der Waals surface area contributed by atoms with Crippen molar-refractivity contribution in [1.82, 2.24) is 4.90 Å². The van der Waals surface area contributed by atoms with Crippen LogP contribution >= 0.6 is 0 Å². The van der Waals surface area contributed by atoms with Crippen molar-refractivity contribution in [2.75, 3.05) is 31.1 Å². The van der Waals surface area contributed by atoms with Crippen molar-refractivity contribution in [3.8, 4) is 0 Å². The van der Waals surface area contributed by atoms with Gasteiger partial charge < -0.3 is 9.80 Å². The molecule has 0 radical (unpaired) electrons. The summed E-state index contributed by atoms with van der Waals surface area (Å²) in [6, 6.07) is 6.80. The number of amides is 1. The Morgan fingerprint density at radius 2 is 1.68 bits per heavy atom. The quantitative estimate of drug-likeness (QED) is 0.833. The van der Waals surface area contributed by atoms with E-state index in [-0.39, 0.29) is 5.91 Å². The smallest absolute Gasteiger partial charge is 0.219 e. The van der Waals surface area contributed by atoms with E-state index in [0.717, 1.165) is 39.0 Å². The minimum Gasteiger partial charge on any atom is -0.368 e. The lowest BCUT2D eigenvalue weighted by atomic mass is 10.0. The molecule has 0 aliphatic carbocycles. The SMILES string of the molecule is CCc1ccc(N2CCN(C(C)=O)CC2)cc1CC. The summed E-state index contributed by atoms with van der Waals surface area (Å²) in [7, 11) is 0. The number of anilines is 1. The minimum atomic E-state index is 0.190. The number of benzene rings is 1. The lowest BCUT2D eigenvalue weighted by Gasteiger charge is -2.36. The van der Waals surface area contributed by atoms with Crippen molar-refractivity contribution < 1.29 is 4.79 Å². The van der Waals surface area contributed by atoms with Gasteiger partial charge in [0.25, 0.3) is 0 Å². The molecule has 0 unspecified atom stereocenters. The number of carbonyl (C=O) groups is 1. The van der Waals surface area contributed by atoms with E-state index >= 15 is 0 Å². The predicted molar refractivity (Wildman–Crippen MR) is 79.7 cm³/mol. The average molecular weight is 260 g/mol. The number of rotatable bonds is 3. The van der Waals surface area contributed by atoms with Crippen LogP contribution in [0.15, 0.2) is 18.2 Å². The monoisotopic (exact) mass is 260 g/mol. The predicted octanol–water partition coefficient (Wildman–Crippen LogP) is 2.48. The van der Waals surface area contributed by atoms with Gasteiger partial charge in [0.05, 0.1) is 0 Å².